The van der Waals surface area contributed by atoms with Crippen molar-refractivity contribution < 1.29 is 33.8 Å². The first-order valence-corrected chi connectivity index (χ1v) is 48.4. The molecule has 6 N–H and O–H groups in total. The Kier molecular flexibility index (Phi) is 39.0. The summed E-state index contributed by atoms with van der Waals surface area (Å²) in [7, 11) is 12.2. The van der Waals surface area contributed by atoms with Crippen LogP contribution in [0.5, 0.6) is 0 Å². The van der Waals surface area contributed by atoms with E-state index in [0.29, 0.717) is 99.3 Å². The number of aliphatic hydroxyl groups is 2. The Morgan fingerprint density at radius 1 is 0.463 bits per heavy atom. The van der Waals surface area contributed by atoms with E-state index >= 15 is 0 Å². The van der Waals surface area contributed by atoms with E-state index in [1.165, 1.54) is 81.7 Å². The summed E-state index contributed by atoms with van der Waals surface area (Å²) in [6, 6.07) is 29.9. The average molecular weight is 2240 g/mol. The van der Waals surface area contributed by atoms with E-state index in [4.69, 9.17) is 26.7 Å². The van der Waals surface area contributed by atoms with E-state index in [9.17, 15) is 62.6 Å². The highest BCUT2D eigenvalue weighted by atomic mass is 79.9. The van der Waals surface area contributed by atoms with Crippen LogP contribution >= 0.6 is 127 Å². The molecule has 724 valence electrons. The topological polar surface area (TPSA) is 421 Å². The van der Waals surface area contributed by atoms with E-state index in [0.717, 1.165) is 76.9 Å². The molecule has 9 aromatic heterocycles. The lowest BCUT2D eigenvalue weighted by Gasteiger charge is -2.25. The zero-order valence-corrected chi connectivity index (χ0v) is 87.8. The first-order chi connectivity index (χ1) is 61.9. The van der Waals surface area contributed by atoms with Gasteiger partial charge in [-0.15, -0.1) is 0 Å². The fourth-order valence-electron chi connectivity index (χ4n) is 13.3. The lowest BCUT2D eigenvalue weighted by molar-refractivity contribution is -0.125. The van der Waals surface area contributed by atoms with Crippen LogP contribution in [0.4, 0.5) is 0 Å². The quantitative estimate of drug-likeness (QED) is 0.0115. The van der Waals surface area contributed by atoms with Crippen molar-refractivity contribution >= 4 is 196 Å². The number of aldehydes is 1. The largest absolute Gasteiger partial charge is 0.447 e. The number of halogens is 5. The number of aromatic amines is 1. The van der Waals surface area contributed by atoms with E-state index in [2.05, 4.69) is 116 Å². The van der Waals surface area contributed by atoms with Crippen LogP contribution in [0.25, 0.3) is 44.7 Å². The van der Waals surface area contributed by atoms with Crippen LogP contribution in [0.3, 0.4) is 0 Å². The zero-order valence-electron chi connectivity index (χ0n) is 76.6. The van der Waals surface area contributed by atoms with Crippen molar-refractivity contribution in [2.24, 2.45) is 56.4 Å². The number of hydrogen-bond acceptors (Lipinski definition) is 23. The van der Waals surface area contributed by atoms with Gasteiger partial charge in [0.1, 0.15) is 18.2 Å². The third-order valence-electron chi connectivity index (χ3n) is 21.4. The molecule has 0 radical (unpaired) electrons. The second-order valence-electron chi connectivity index (χ2n) is 33.0. The second-order valence-corrected chi connectivity index (χ2v) is 43.8. The van der Waals surface area contributed by atoms with Gasteiger partial charge >= 0.3 is 22.8 Å². The molecule has 44 heteroatoms. The zero-order chi connectivity index (χ0) is 98.0. The molecule has 0 spiro atoms. The third-order valence-corrected chi connectivity index (χ3v) is 27.6. The number of oxazole rings is 1. The van der Waals surface area contributed by atoms with Crippen molar-refractivity contribution in [2.75, 3.05) is 13.2 Å². The number of aromatic nitrogens is 17. The van der Waals surface area contributed by atoms with E-state index < -0.39 is 52.8 Å². The van der Waals surface area contributed by atoms with Crippen LogP contribution in [0.1, 0.15) is 151 Å². The number of aryl methyl sites for hydroxylation is 5. The molecule has 0 saturated carbocycles. The molecule has 35 nitrogen and oxygen atoms in total. The van der Waals surface area contributed by atoms with Crippen LogP contribution in [-0.4, -0.2) is 159 Å². The van der Waals surface area contributed by atoms with Gasteiger partial charge in [-0.3, -0.25) is 70.1 Å². The Balaban J connectivity index is 0.000000235. The summed E-state index contributed by atoms with van der Waals surface area (Å²) in [6.07, 6.45) is 4.98. The number of carbonyl (C=O) groups is 4. The normalized spacial score (nSPS) is 12.3. The predicted molar refractivity (Wildman–Crippen MR) is 549 cm³/mol. The SMILES string of the molecule is C.C.CCC(C=O)NC(=O)C(C)(C)Sc1nc2c(c(=O)n(C)c(=O)n2C)n1Cc1cccc(Br)c1.CCC(CO)NC(=O)C(C)(C)Br.CCC(CO)NC(=O)C(C)(C)Sc1nc2c(c(=O)n(C)c(=O)n2C)n1Cc1cccc(Br)c1.CCc1coc(C(C)(C)Sc2nc3c(c(=O)n(C)c(=O)n3C)n2Cc2cccc(Br)c2)n1.Cn1c(=O)c2c([nH]c(=S)n2Cc2cccc(Br)c2)n(C)c1=O. The lowest BCUT2D eigenvalue weighted by atomic mass is 10.1. The maximum absolute atomic E-state index is 13.1. The number of rotatable bonds is 28. The Morgan fingerprint density at radius 3 is 1.09 bits per heavy atom. The Hall–Kier alpha value is -9.64. The molecule has 0 saturated heterocycles. The molecule has 134 heavy (non-hydrogen) atoms. The standard InChI is InChI=1S/C22H28BrN5O4S.C22H26BrN5O4S.C22H24BrN5O3S.C14H13BrN4O2S.C8H16BrNO2.2CH4/c2*1-6-15(12-29)24-19(31)22(2,3)33-20-25-17-16(18(30)27(5)21(32)26(17)4)28(20)11-13-8-7-9-14(23)10-13;1-6-15-12-31-19(24-15)22(2,3)32-20-25-17-16(18(29)27(5)21(30)26(17)4)28(20)11-13-8-7-9-14(23)10-13;1-17-11-10(12(20)18(2)14(17)21)19(13(22)16-11)7-8-4-3-5-9(15)6-8;1-4-6(5-11)10-7(12)8(2,3)9;;/h7-10,15,29H,6,11-12H2,1-5H3,(H,24,31);7-10,12,15H,6,11H2,1-5H3,(H,24,31);7-10,12H,6,11H2,1-5H3;3-6H,7H2,1-2H3,(H,16,22);6,11H,4-5H2,1-3H3,(H,10,12);2*1H4. The molecule has 9 heterocycles. The smallest absolute Gasteiger partial charge is 0.332 e. The van der Waals surface area contributed by atoms with Crippen LogP contribution in [-0.2, 0) is 113 Å². The predicted octanol–water partition coefficient (Wildman–Crippen LogP) is 12.3. The fraction of sp³-hybridized carbons (Fsp3) is 0.433. The van der Waals surface area contributed by atoms with Crippen LogP contribution in [0, 0.1) is 4.77 Å². The van der Waals surface area contributed by atoms with Gasteiger partial charge in [0.05, 0.1) is 81.8 Å². The molecule has 0 aliphatic rings. The molecule has 3 amide bonds. The molecule has 3 unspecified atom stereocenters. The number of fused-ring (bicyclic) bond motifs is 4. The number of imidazole rings is 4. The summed E-state index contributed by atoms with van der Waals surface area (Å²) >= 11 is 26.3. The monoisotopic (exact) mass is 2240 g/mol. The molecule has 13 rings (SSSR count). The van der Waals surface area contributed by atoms with Crippen LogP contribution < -0.4 is 60.9 Å². The van der Waals surface area contributed by atoms with Gasteiger partial charge in [-0.25, -0.2) is 39.1 Å². The maximum Gasteiger partial charge on any atom is 0.332 e. The van der Waals surface area contributed by atoms with Gasteiger partial charge in [0, 0.05) is 74.3 Å². The van der Waals surface area contributed by atoms with Gasteiger partial charge < -0.3 is 58.6 Å². The number of carbonyl (C=O) groups excluding carboxylic acids is 4. The molecule has 4 aromatic carbocycles. The highest BCUT2D eigenvalue weighted by molar-refractivity contribution is 9.11. The van der Waals surface area contributed by atoms with Gasteiger partial charge in [0.15, 0.2) is 59.2 Å². The van der Waals surface area contributed by atoms with Gasteiger partial charge in [-0.2, -0.15) is 0 Å². The number of benzene rings is 4. The molecule has 0 aliphatic heterocycles. The second kappa shape index (κ2) is 46.9. The van der Waals surface area contributed by atoms with Gasteiger partial charge in [0.25, 0.3) is 22.2 Å². The van der Waals surface area contributed by atoms with Crippen molar-refractivity contribution in [3.8, 4) is 0 Å². The van der Waals surface area contributed by atoms with Crippen molar-refractivity contribution in [1.82, 2.24) is 95.7 Å². The lowest BCUT2D eigenvalue weighted by Crippen LogP contribution is -2.46. The van der Waals surface area contributed by atoms with Crippen molar-refractivity contribution in [1.29, 1.82) is 0 Å². The number of aliphatic hydroxyl groups excluding tert-OH is 2. The number of alkyl halides is 1. The maximum atomic E-state index is 13.1. The third kappa shape index (κ3) is 25.8. The first-order valence-electron chi connectivity index (χ1n) is 41.6. The van der Waals surface area contributed by atoms with Crippen molar-refractivity contribution in [3.05, 3.63) is 243 Å². The first kappa shape index (κ1) is 111. The van der Waals surface area contributed by atoms with Gasteiger partial charge in [-0.1, -0.05) is 206 Å². The summed E-state index contributed by atoms with van der Waals surface area (Å²) in [5, 5.41) is 28.1. The molecule has 0 bridgehead atoms. The number of H-pyrrole nitrogens is 1. The van der Waals surface area contributed by atoms with Crippen molar-refractivity contribution in [3.63, 3.8) is 0 Å². The van der Waals surface area contributed by atoms with E-state index in [-0.39, 0.29) is 91.5 Å². The minimum absolute atomic E-state index is 0. The van der Waals surface area contributed by atoms with Gasteiger partial charge in [0.2, 0.25) is 23.6 Å². The number of nitrogens with zero attached hydrogens (tertiary/aromatic N) is 16. The summed E-state index contributed by atoms with van der Waals surface area (Å²) in [5.74, 6) is -0.0869. The number of nitrogens with one attached hydrogen (secondary N) is 4. The summed E-state index contributed by atoms with van der Waals surface area (Å²) < 4.78 is 23.6. The fourth-order valence-corrected chi connectivity index (χ4v) is 18.5. The number of thioether (sulfide) groups is 3. The van der Waals surface area contributed by atoms with Gasteiger partial charge in [-0.05, 0) is 164 Å². The Bertz CT molecular complexity index is 7090. The number of amides is 3. The average Bonchev–Trinajstić information content (AvgIpc) is 1.61. The van der Waals surface area contributed by atoms with Crippen molar-refractivity contribution in [2.45, 2.75) is 202 Å². The van der Waals surface area contributed by atoms with Crippen LogP contribution in [0.2, 0.25) is 0 Å². The molecular formula is C90H115Br5N20O15S4. The molecule has 0 aliphatic carbocycles. The van der Waals surface area contributed by atoms with E-state index in [1.54, 1.807) is 89.7 Å². The minimum atomic E-state index is -1.00. The summed E-state index contributed by atoms with van der Waals surface area (Å²) in [6.45, 7) is 23.5. The van der Waals surface area contributed by atoms with Crippen LogP contribution in [0.15, 0.2) is 179 Å². The number of hydrogen-bond donors (Lipinski definition) is 6. The highest BCUT2D eigenvalue weighted by Gasteiger charge is 2.37. The van der Waals surface area contributed by atoms with E-state index in [1.807, 2.05) is 143 Å². The highest BCUT2D eigenvalue weighted by Crippen LogP contribution is 2.42. The molecular weight excluding hydrogens is 2130 g/mol. The minimum Gasteiger partial charge on any atom is -0.447 e. The summed E-state index contributed by atoms with van der Waals surface area (Å²) in [5.41, 5.74) is 3.98. The Morgan fingerprint density at radius 2 is 0.784 bits per heavy atom. The Labute approximate surface area is 833 Å². The summed E-state index contributed by atoms with van der Waals surface area (Å²) in [4.78, 5) is 171. The molecule has 3 atom stereocenters. The molecule has 0 fully saturated rings. The molecule has 13 aromatic rings.